The van der Waals surface area contributed by atoms with Crippen LogP contribution in [0, 0.1) is 13.8 Å². The smallest absolute Gasteiger partial charge is 0.0708 e. The van der Waals surface area contributed by atoms with Crippen LogP contribution in [0.5, 0.6) is 0 Å². The van der Waals surface area contributed by atoms with E-state index in [2.05, 4.69) is 217 Å². The SMILES string of the molecule is Cc1ccc(-n2c3ccccc3c3cc(-c4ccccc4-c4ccccn4)ccc32)cc1-c1cc(-n2c3ccccc3c3cc(-c4ccccc4-c4ccccn4)ccc32)ccc1C. The summed E-state index contributed by atoms with van der Waals surface area (Å²) in [5.74, 6) is 0. The summed E-state index contributed by atoms with van der Waals surface area (Å²) in [7, 11) is 0. The summed E-state index contributed by atoms with van der Waals surface area (Å²) in [6.07, 6.45) is 3.73. The lowest BCUT2D eigenvalue weighted by Gasteiger charge is -2.17. The van der Waals surface area contributed by atoms with E-state index < -0.39 is 0 Å². The van der Waals surface area contributed by atoms with Gasteiger partial charge in [-0.05, 0) is 143 Å². The van der Waals surface area contributed by atoms with Crippen LogP contribution in [0.3, 0.4) is 0 Å². The number of pyridine rings is 2. The van der Waals surface area contributed by atoms with E-state index in [0.29, 0.717) is 0 Å². The van der Waals surface area contributed by atoms with Gasteiger partial charge in [0.05, 0.1) is 33.5 Å². The third-order valence-corrected chi connectivity index (χ3v) is 13.0. The fraction of sp³-hybridized carbons (Fsp3) is 0.0333. The Kier molecular flexibility index (Phi) is 8.91. The molecule has 0 radical (unpaired) electrons. The molecule has 0 aliphatic carbocycles. The Morgan fingerprint density at radius 3 is 1.12 bits per heavy atom. The lowest BCUT2D eigenvalue weighted by Crippen LogP contribution is -1.98. The van der Waals surface area contributed by atoms with Crippen molar-refractivity contribution in [2.24, 2.45) is 0 Å². The monoisotopic (exact) mass is 818 g/mol. The Labute approximate surface area is 372 Å². The Hall–Kier alpha value is -8.34. The zero-order chi connectivity index (χ0) is 42.7. The van der Waals surface area contributed by atoms with Crippen LogP contribution >= 0.6 is 0 Å². The normalized spacial score (nSPS) is 11.6. The van der Waals surface area contributed by atoms with Gasteiger partial charge in [-0.1, -0.05) is 121 Å². The van der Waals surface area contributed by atoms with Gasteiger partial charge in [-0.3, -0.25) is 9.97 Å². The number of aryl methyl sites for hydroxylation is 2. The molecule has 0 amide bonds. The van der Waals surface area contributed by atoms with Gasteiger partial charge in [-0.25, -0.2) is 0 Å². The van der Waals surface area contributed by atoms with Crippen molar-refractivity contribution in [1.29, 1.82) is 0 Å². The number of rotatable bonds is 7. The minimum Gasteiger partial charge on any atom is -0.309 e. The Morgan fingerprint density at radius 2 is 0.688 bits per heavy atom. The van der Waals surface area contributed by atoms with Crippen molar-refractivity contribution in [2.75, 3.05) is 0 Å². The summed E-state index contributed by atoms with van der Waals surface area (Å²) in [4.78, 5) is 9.40. The van der Waals surface area contributed by atoms with Crippen molar-refractivity contribution in [3.8, 4) is 67.3 Å². The molecule has 12 aromatic rings. The van der Waals surface area contributed by atoms with Crippen molar-refractivity contribution in [3.05, 3.63) is 230 Å². The number of benzene rings is 8. The summed E-state index contributed by atoms with van der Waals surface area (Å²) < 4.78 is 4.86. The summed E-state index contributed by atoms with van der Waals surface area (Å²) in [6.45, 7) is 4.46. The highest BCUT2D eigenvalue weighted by molar-refractivity contribution is 6.12. The largest absolute Gasteiger partial charge is 0.309 e. The molecule has 0 spiro atoms. The van der Waals surface area contributed by atoms with Crippen LogP contribution in [0.4, 0.5) is 0 Å². The Balaban J connectivity index is 0.982. The first kappa shape index (κ1) is 37.4. The molecular formula is C60H42N4. The van der Waals surface area contributed by atoms with Gasteiger partial charge < -0.3 is 9.13 Å². The lowest BCUT2D eigenvalue weighted by molar-refractivity contribution is 1.17. The highest BCUT2D eigenvalue weighted by Crippen LogP contribution is 2.41. The second kappa shape index (κ2) is 15.2. The Bertz CT molecular complexity index is 3500. The predicted molar refractivity (Wildman–Crippen MR) is 267 cm³/mol. The molecule has 12 rings (SSSR count). The second-order valence-electron chi connectivity index (χ2n) is 16.7. The van der Waals surface area contributed by atoms with Gasteiger partial charge in [-0.15, -0.1) is 0 Å². The highest BCUT2D eigenvalue weighted by atomic mass is 15.0. The summed E-state index contributed by atoms with van der Waals surface area (Å²) in [5, 5.41) is 4.90. The Morgan fingerprint density at radius 1 is 0.297 bits per heavy atom. The maximum atomic E-state index is 4.70. The van der Waals surface area contributed by atoms with Crippen LogP contribution in [0.15, 0.2) is 219 Å². The summed E-state index contributed by atoms with van der Waals surface area (Å²) in [6, 6.07) is 74.6. The van der Waals surface area contributed by atoms with Crippen LogP contribution in [-0.4, -0.2) is 19.1 Å². The molecule has 0 saturated heterocycles. The molecule has 0 fully saturated rings. The van der Waals surface area contributed by atoms with E-state index in [-0.39, 0.29) is 0 Å². The van der Waals surface area contributed by atoms with E-state index >= 15 is 0 Å². The molecule has 4 heteroatoms. The standard InChI is InChI=1S/C60H42N4/c1-39-25-29-43(63-57-23-9-7-19-49(57)53-35-41(27-31-59(53)63)45-15-3-5-17-47(45)55-21-11-13-33-61-55)37-51(39)52-38-44(30-26-40(52)2)64-58-24-10-8-20-50(58)54-36-42(28-32-60(54)64)46-16-4-6-18-48(46)56-22-12-14-34-62-56/h3-38H,1-2H3. The van der Waals surface area contributed by atoms with Gasteiger partial charge in [0.1, 0.15) is 0 Å². The molecule has 4 heterocycles. The van der Waals surface area contributed by atoms with Gasteiger partial charge in [-0.2, -0.15) is 0 Å². The van der Waals surface area contributed by atoms with E-state index in [1.54, 1.807) is 0 Å². The number of aromatic nitrogens is 4. The molecule has 302 valence electrons. The molecule has 0 aliphatic rings. The maximum Gasteiger partial charge on any atom is 0.0708 e. The number of para-hydroxylation sites is 2. The molecular weight excluding hydrogens is 777 g/mol. The molecule has 4 nitrogen and oxygen atoms in total. The van der Waals surface area contributed by atoms with Crippen LogP contribution in [0.1, 0.15) is 11.1 Å². The topological polar surface area (TPSA) is 35.6 Å². The van der Waals surface area contributed by atoms with Gasteiger partial charge in [0.25, 0.3) is 0 Å². The van der Waals surface area contributed by atoms with E-state index in [0.717, 1.165) is 33.9 Å². The molecule has 0 bridgehead atoms. The summed E-state index contributed by atoms with van der Waals surface area (Å²) in [5.41, 5.74) is 20.8. The third-order valence-electron chi connectivity index (χ3n) is 13.0. The molecule has 0 N–H and O–H groups in total. The van der Waals surface area contributed by atoms with Gasteiger partial charge in [0.15, 0.2) is 0 Å². The average Bonchev–Trinajstić information content (AvgIpc) is 3.87. The minimum atomic E-state index is 0.970. The predicted octanol–water partition coefficient (Wildman–Crippen LogP) is 15.6. The first-order valence-corrected chi connectivity index (χ1v) is 21.9. The maximum absolute atomic E-state index is 4.70. The van der Waals surface area contributed by atoms with Crippen LogP contribution in [-0.2, 0) is 0 Å². The first-order valence-electron chi connectivity index (χ1n) is 21.9. The van der Waals surface area contributed by atoms with Crippen molar-refractivity contribution < 1.29 is 0 Å². The van der Waals surface area contributed by atoms with Crippen LogP contribution < -0.4 is 0 Å². The molecule has 0 saturated carbocycles. The quantitative estimate of drug-likeness (QED) is 0.161. The van der Waals surface area contributed by atoms with Crippen molar-refractivity contribution in [3.63, 3.8) is 0 Å². The van der Waals surface area contributed by atoms with E-state index in [1.807, 2.05) is 24.5 Å². The van der Waals surface area contributed by atoms with Crippen LogP contribution in [0.25, 0.3) is 111 Å². The van der Waals surface area contributed by atoms with Gasteiger partial charge >= 0.3 is 0 Å². The zero-order valence-electron chi connectivity index (χ0n) is 35.6. The van der Waals surface area contributed by atoms with E-state index in [9.17, 15) is 0 Å². The van der Waals surface area contributed by atoms with Crippen molar-refractivity contribution in [1.82, 2.24) is 19.1 Å². The molecule has 0 unspecified atom stereocenters. The number of hydrogen-bond acceptors (Lipinski definition) is 2. The minimum absolute atomic E-state index is 0.970. The second-order valence-corrected chi connectivity index (χ2v) is 16.7. The molecule has 4 aromatic heterocycles. The molecule has 0 aliphatic heterocycles. The lowest BCUT2D eigenvalue weighted by atomic mass is 9.95. The van der Waals surface area contributed by atoms with E-state index in [4.69, 9.17) is 9.97 Å². The van der Waals surface area contributed by atoms with E-state index in [1.165, 1.54) is 88.1 Å². The fourth-order valence-corrected chi connectivity index (χ4v) is 9.88. The van der Waals surface area contributed by atoms with Crippen molar-refractivity contribution >= 4 is 43.6 Å². The van der Waals surface area contributed by atoms with Crippen molar-refractivity contribution in [2.45, 2.75) is 13.8 Å². The fourth-order valence-electron chi connectivity index (χ4n) is 9.88. The molecule has 0 atom stereocenters. The number of hydrogen-bond donors (Lipinski definition) is 0. The molecule has 64 heavy (non-hydrogen) atoms. The third kappa shape index (κ3) is 6.14. The van der Waals surface area contributed by atoms with Gasteiger partial charge in [0.2, 0.25) is 0 Å². The number of fused-ring (bicyclic) bond motifs is 6. The summed E-state index contributed by atoms with van der Waals surface area (Å²) >= 11 is 0. The van der Waals surface area contributed by atoms with Gasteiger partial charge in [0, 0.05) is 56.4 Å². The zero-order valence-corrected chi connectivity index (χ0v) is 35.6. The average molecular weight is 819 g/mol. The molecule has 8 aromatic carbocycles. The highest BCUT2D eigenvalue weighted by Gasteiger charge is 2.19. The van der Waals surface area contributed by atoms with Crippen LogP contribution in [0.2, 0.25) is 0 Å². The number of nitrogens with zero attached hydrogens (tertiary/aromatic N) is 4. The first-order chi connectivity index (χ1) is 31.6.